The lowest BCUT2D eigenvalue weighted by molar-refractivity contribution is 0.0849. The first-order chi connectivity index (χ1) is 9.86. The van der Waals surface area contributed by atoms with Crippen LogP contribution in [0.2, 0.25) is 0 Å². The zero-order valence-corrected chi connectivity index (χ0v) is 13.9. The average molecular weight is 295 g/mol. The predicted molar refractivity (Wildman–Crippen MR) is 84.2 cm³/mol. The van der Waals surface area contributed by atoms with E-state index in [2.05, 4.69) is 24.3 Å². The van der Waals surface area contributed by atoms with Crippen LogP contribution in [0.3, 0.4) is 0 Å². The van der Waals surface area contributed by atoms with E-state index >= 15 is 0 Å². The minimum Gasteiger partial charge on any atom is -0.391 e. The van der Waals surface area contributed by atoms with Gasteiger partial charge in [-0.1, -0.05) is 34.1 Å². The second-order valence-electron chi connectivity index (χ2n) is 6.21. The molecule has 5 nitrogen and oxygen atoms in total. The van der Waals surface area contributed by atoms with Crippen molar-refractivity contribution in [1.82, 2.24) is 15.1 Å². The Balaban J connectivity index is 2.59. The van der Waals surface area contributed by atoms with Gasteiger partial charge in [0.05, 0.1) is 17.9 Å². The van der Waals surface area contributed by atoms with Gasteiger partial charge < -0.3 is 10.4 Å². The van der Waals surface area contributed by atoms with Crippen LogP contribution in [0.1, 0.15) is 56.6 Å². The normalized spacial score (nSPS) is 14.2. The van der Waals surface area contributed by atoms with Gasteiger partial charge in [-0.2, -0.15) is 5.10 Å². The first-order valence-electron chi connectivity index (χ1n) is 7.85. The molecule has 2 unspecified atom stereocenters. The molecule has 2 atom stereocenters. The van der Waals surface area contributed by atoms with Crippen molar-refractivity contribution in [3.8, 4) is 0 Å². The van der Waals surface area contributed by atoms with Crippen molar-refractivity contribution >= 4 is 5.91 Å². The third kappa shape index (κ3) is 5.16. The van der Waals surface area contributed by atoms with Crippen molar-refractivity contribution in [3.63, 3.8) is 0 Å². The Morgan fingerprint density at radius 3 is 2.67 bits per heavy atom. The average Bonchev–Trinajstić information content (AvgIpc) is 2.82. The van der Waals surface area contributed by atoms with E-state index in [1.807, 2.05) is 25.5 Å². The van der Waals surface area contributed by atoms with E-state index in [9.17, 15) is 9.90 Å². The van der Waals surface area contributed by atoms with E-state index in [-0.39, 0.29) is 18.4 Å². The number of carbonyl (C=O) groups is 1. The topological polar surface area (TPSA) is 67.2 Å². The molecule has 0 radical (unpaired) electrons. The smallest absolute Gasteiger partial charge is 0.254 e. The van der Waals surface area contributed by atoms with Crippen LogP contribution in [0.25, 0.3) is 0 Å². The summed E-state index contributed by atoms with van der Waals surface area (Å²) in [6.07, 6.45) is 3.04. The summed E-state index contributed by atoms with van der Waals surface area (Å²) in [4.78, 5) is 12.2. The Morgan fingerprint density at radius 2 is 2.10 bits per heavy atom. The Bertz CT molecular complexity index is 454. The molecule has 1 amide bonds. The molecule has 1 rings (SSSR count). The molecule has 21 heavy (non-hydrogen) atoms. The largest absolute Gasteiger partial charge is 0.391 e. The van der Waals surface area contributed by atoms with Gasteiger partial charge in [-0.15, -0.1) is 0 Å². The van der Waals surface area contributed by atoms with Crippen LogP contribution >= 0.6 is 0 Å². The fourth-order valence-corrected chi connectivity index (χ4v) is 2.04. The number of amides is 1. The Labute approximate surface area is 127 Å². The standard InChI is InChI=1S/C16H29N3O2/c1-6-12(4)15(20)10-17-16(21)14-9-18-19(13(14)5)8-7-11(2)3/h9,11-12,15,20H,6-8,10H2,1-5H3,(H,17,21). The molecular formula is C16H29N3O2. The third-order valence-corrected chi connectivity index (χ3v) is 4.04. The van der Waals surface area contributed by atoms with Gasteiger partial charge in [0.25, 0.3) is 5.91 Å². The zero-order valence-electron chi connectivity index (χ0n) is 13.9. The minimum absolute atomic E-state index is 0.161. The molecule has 1 aromatic heterocycles. The van der Waals surface area contributed by atoms with Crippen molar-refractivity contribution in [3.05, 3.63) is 17.5 Å². The van der Waals surface area contributed by atoms with Crippen LogP contribution in [-0.4, -0.2) is 33.4 Å². The monoisotopic (exact) mass is 295 g/mol. The molecular weight excluding hydrogens is 266 g/mol. The van der Waals surface area contributed by atoms with Gasteiger partial charge in [-0.05, 0) is 25.2 Å². The summed E-state index contributed by atoms with van der Waals surface area (Å²) >= 11 is 0. The minimum atomic E-state index is -0.504. The lowest BCUT2D eigenvalue weighted by Gasteiger charge is -2.17. The first-order valence-corrected chi connectivity index (χ1v) is 7.85. The van der Waals surface area contributed by atoms with Gasteiger partial charge in [0.2, 0.25) is 0 Å². The summed E-state index contributed by atoms with van der Waals surface area (Å²) in [6.45, 7) is 11.4. The quantitative estimate of drug-likeness (QED) is 0.773. The maximum Gasteiger partial charge on any atom is 0.254 e. The molecule has 0 bridgehead atoms. The van der Waals surface area contributed by atoms with Gasteiger partial charge in [0.1, 0.15) is 0 Å². The first kappa shape index (κ1) is 17.7. The molecule has 0 aliphatic heterocycles. The maximum absolute atomic E-state index is 12.2. The lowest BCUT2D eigenvalue weighted by Crippen LogP contribution is -2.35. The molecule has 5 heteroatoms. The molecule has 0 spiro atoms. The number of aliphatic hydroxyl groups is 1. The van der Waals surface area contributed by atoms with Gasteiger partial charge in [-0.25, -0.2) is 0 Å². The highest BCUT2D eigenvalue weighted by Gasteiger charge is 2.17. The third-order valence-electron chi connectivity index (χ3n) is 4.04. The molecule has 0 aromatic carbocycles. The van der Waals surface area contributed by atoms with Crippen LogP contribution in [-0.2, 0) is 6.54 Å². The number of nitrogens with zero attached hydrogens (tertiary/aromatic N) is 2. The number of carbonyl (C=O) groups excluding carboxylic acids is 1. The number of hydrogen-bond acceptors (Lipinski definition) is 3. The molecule has 1 heterocycles. The number of aryl methyl sites for hydroxylation is 1. The van der Waals surface area contributed by atoms with Gasteiger partial charge >= 0.3 is 0 Å². The second kappa shape index (κ2) is 8.17. The molecule has 0 aliphatic rings. The van der Waals surface area contributed by atoms with Crippen LogP contribution in [0.15, 0.2) is 6.20 Å². The van der Waals surface area contributed by atoms with Crippen LogP contribution in [0.4, 0.5) is 0 Å². The van der Waals surface area contributed by atoms with Crippen LogP contribution in [0, 0.1) is 18.8 Å². The molecule has 0 saturated heterocycles. The van der Waals surface area contributed by atoms with E-state index in [0.29, 0.717) is 11.5 Å². The fourth-order valence-electron chi connectivity index (χ4n) is 2.04. The van der Waals surface area contributed by atoms with E-state index in [0.717, 1.165) is 25.1 Å². The van der Waals surface area contributed by atoms with E-state index in [4.69, 9.17) is 0 Å². The van der Waals surface area contributed by atoms with E-state index in [1.165, 1.54) is 0 Å². The van der Waals surface area contributed by atoms with Crippen molar-refractivity contribution in [2.45, 2.75) is 60.1 Å². The summed E-state index contributed by atoms with van der Waals surface area (Å²) in [5.41, 5.74) is 1.47. The SMILES string of the molecule is CCC(C)C(O)CNC(=O)c1cnn(CCC(C)C)c1C. The summed E-state index contributed by atoms with van der Waals surface area (Å²) in [5.74, 6) is 0.627. The van der Waals surface area contributed by atoms with Crippen molar-refractivity contribution < 1.29 is 9.90 Å². The van der Waals surface area contributed by atoms with Gasteiger partial charge in [0, 0.05) is 18.8 Å². The Kier molecular flexibility index (Phi) is 6.89. The summed E-state index contributed by atoms with van der Waals surface area (Å²) < 4.78 is 1.88. The zero-order chi connectivity index (χ0) is 16.0. The van der Waals surface area contributed by atoms with Gasteiger partial charge in [0.15, 0.2) is 0 Å². The number of hydrogen-bond donors (Lipinski definition) is 2. The number of aromatic nitrogens is 2. The predicted octanol–water partition coefficient (Wildman–Crippen LogP) is 2.37. The molecule has 1 aromatic rings. The van der Waals surface area contributed by atoms with E-state index < -0.39 is 6.10 Å². The molecule has 0 saturated carbocycles. The van der Waals surface area contributed by atoms with Crippen molar-refractivity contribution in [1.29, 1.82) is 0 Å². The molecule has 2 N–H and O–H groups in total. The molecule has 0 aliphatic carbocycles. The molecule has 120 valence electrons. The molecule has 0 fully saturated rings. The number of aliphatic hydroxyl groups excluding tert-OH is 1. The van der Waals surface area contributed by atoms with Crippen molar-refractivity contribution in [2.75, 3.05) is 6.54 Å². The lowest BCUT2D eigenvalue weighted by atomic mass is 10.0. The highest BCUT2D eigenvalue weighted by molar-refractivity contribution is 5.95. The number of nitrogens with one attached hydrogen (secondary N) is 1. The van der Waals surface area contributed by atoms with E-state index in [1.54, 1.807) is 6.20 Å². The highest BCUT2D eigenvalue weighted by Crippen LogP contribution is 2.11. The summed E-state index contributed by atoms with van der Waals surface area (Å²) in [7, 11) is 0. The van der Waals surface area contributed by atoms with Gasteiger partial charge in [-0.3, -0.25) is 9.48 Å². The summed E-state index contributed by atoms with van der Waals surface area (Å²) in [6, 6.07) is 0. The fraction of sp³-hybridized carbons (Fsp3) is 0.750. The Morgan fingerprint density at radius 1 is 1.43 bits per heavy atom. The Hall–Kier alpha value is -1.36. The van der Waals surface area contributed by atoms with Crippen molar-refractivity contribution in [2.24, 2.45) is 11.8 Å². The highest BCUT2D eigenvalue weighted by atomic mass is 16.3. The van der Waals surface area contributed by atoms with Crippen LogP contribution in [0.5, 0.6) is 0 Å². The van der Waals surface area contributed by atoms with Crippen LogP contribution < -0.4 is 5.32 Å². The number of rotatable bonds is 8. The second-order valence-corrected chi connectivity index (χ2v) is 6.21. The summed E-state index contributed by atoms with van der Waals surface area (Å²) in [5, 5.41) is 17.0. The maximum atomic E-state index is 12.2.